The normalized spacial score (nSPS) is 14.9. The minimum absolute atomic E-state index is 0.488. The van der Waals surface area contributed by atoms with Gasteiger partial charge in [0.2, 0.25) is 0 Å². The molecule has 7 heteroatoms. The standard InChI is InChI=1S/C29H26Cl2N4O/c1-36-22-8-9-23(26(30)14-22)24-18-35(15-19-5-3-2-4-6-19)27-11-12-34(17-25(24)27)16-21-13-20-7-10-28(31)33-29(20)32-21/h2-10,14,18H,11-13,15-17H2,1H3. The number of pyridine rings is 1. The van der Waals surface area contributed by atoms with Crippen molar-refractivity contribution < 1.29 is 4.74 Å². The number of hydrogen-bond acceptors (Lipinski definition) is 4. The van der Waals surface area contributed by atoms with Crippen molar-refractivity contribution in [1.29, 1.82) is 0 Å². The van der Waals surface area contributed by atoms with Crippen molar-refractivity contribution in [1.82, 2.24) is 14.5 Å². The second-order valence-corrected chi connectivity index (χ2v) is 10.2. The molecule has 0 spiro atoms. The number of hydrogen-bond donors (Lipinski definition) is 0. The molecule has 0 saturated heterocycles. The van der Waals surface area contributed by atoms with E-state index >= 15 is 0 Å². The Morgan fingerprint density at radius 3 is 2.64 bits per heavy atom. The average molecular weight is 517 g/mol. The molecule has 0 fully saturated rings. The van der Waals surface area contributed by atoms with Crippen LogP contribution in [0.15, 0.2) is 71.9 Å². The van der Waals surface area contributed by atoms with Crippen molar-refractivity contribution in [2.75, 3.05) is 20.2 Å². The highest BCUT2D eigenvalue weighted by atomic mass is 35.5. The molecule has 182 valence electrons. The summed E-state index contributed by atoms with van der Waals surface area (Å²) >= 11 is 12.8. The molecule has 36 heavy (non-hydrogen) atoms. The summed E-state index contributed by atoms with van der Waals surface area (Å²) < 4.78 is 7.78. The Hall–Kier alpha value is -3.12. The van der Waals surface area contributed by atoms with Gasteiger partial charge in [-0.2, -0.15) is 0 Å². The molecule has 0 unspecified atom stereocenters. The third-order valence-electron chi connectivity index (χ3n) is 7.00. The van der Waals surface area contributed by atoms with Gasteiger partial charge in [-0.15, -0.1) is 0 Å². The van der Waals surface area contributed by atoms with Crippen LogP contribution in [-0.2, 0) is 25.9 Å². The maximum absolute atomic E-state index is 6.75. The minimum Gasteiger partial charge on any atom is -0.497 e. The summed E-state index contributed by atoms with van der Waals surface area (Å²) in [6.45, 7) is 3.47. The molecule has 0 N–H and O–H groups in total. The summed E-state index contributed by atoms with van der Waals surface area (Å²) in [6, 6.07) is 20.4. The zero-order valence-corrected chi connectivity index (χ0v) is 21.6. The highest BCUT2D eigenvalue weighted by molar-refractivity contribution is 6.33. The predicted molar refractivity (Wildman–Crippen MR) is 146 cm³/mol. The molecule has 2 aliphatic rings. The quantitative estimate of drug-likeness (QED) is 0.271. The van der Waals surface area contributed by atoms with Gasteiger partial charge in [-0.25, -0.2) is 9.98 Å². The van der Waals surface area contributed by atoms with Crippen LogP contribution in [0.25, 0.3) is 11.1 Å². The fraction of sp³-hybridized carbons (Fsp3) is 0.241. The fourth-order valence-corrected chi connectivity index (χ4v) is 5.67. The van der Waals surface area contributed by atoms with Gasteiger partial charge in [-0.1, -0.05) is 59.6 Å². The van der Waals surface area contributed by atoms with Gasteiger partial charge >= 0.3 is 0 Å². The van der Waals surface area contributed by atoms with Crippen LogP contribution in [0.4, 0.5) is 5.82 Å². The lowest BCUT2D eigenvalue weighted by Gasteiger charge is -2.28. The average Bonchev–Trinajstić information content (AvgIpc) is 3.44. The zero-order chi connectivity index (χ0) is 24.6. The minimum atomic E-state index is 0.488. The highest BCUT2D eigenvalue weighted by Gasteiger charge is 2.27. The molecule has 2 aliphatic heterocycles. The summed E-state index contributed by atoms with van der Waals surface area (Å²) in [4.78, 5) is 11.6. The lowest BCUT2D eigenvalue weighted by atomic mass is 9.98. The maximum atomic E-state index is 6.75. The number of rotatable bonds is 6. The van der Waals surface area contributed by atoms with E-state index in [0.717, 1.165) is 67.4 Å². The number of ether oxygens (including phenoxy) is 1. The second kappa shape index (κ2) is 9.74. The van der Waals surface area contributed by atoms with E-state index in [1.807, 2.05) is 24.3 Å². The molecule has 0 amide bonds. The first-order chi connectivity index (χ1) is 17.6. The molecule has 0 radical (unpaired) electrons. The van der Waals surface area contributed by atoms with Gasteiger partial charge in [-0.3, -0.25) is 4.90 Å². The SMILES string of the molecule is COc1ccc(-c2cn(Cc3ccccc3)c3c2CN(CC2=Nc4nc(Cl)ccc4C2)CC3)c(Cl)c1. The van der Waals surface area contributed by atoms with Crippen LogP contribution in [0.5, 0.6) is 5.75 Å². The summed E-state index contributed by atoms with van der Waals surface area (Å²) in [5.41, 5.74) is 8.50. The van der Waals surface area contributed by atoms with Crippen molar-refractivity contribution in [3.8, 4) is 16.9 Å². The number of methoxy groups -OCH3 is 1. The van der Waals surface area contributed by atoms with Crippen LogP contribution in [0, 0.1) is 0 Å². The van der Waals surface area contributed by atoms with Gasteiger partial charge < -0.3 is 9.30 Å². The topological polar surface area (TPSA) is 42.6 Å². The van der Waals surface area contributed by atoms with E-state index in [-0.39, 0.29) is 0 Å². The summed E-state index contributed by atoms with van der Waals surface area (Å²) in [6.07, 6.45) is 4.07. The molecule has 5 nitrogen and oxygen atoms in total. The van der Waals surface area contributed by atoms with Gasteiger partial charge in [0.05, 0.1) is 12.1 Å². The van der Waals surface area contributed by atoms with Crippen LogP contribution in [0.1, 0.15) is 22.4 Å². The van der Waals surface area contributed by atoms with Gasteiger partial charge in [0.15, 0.2) is 5.82 Å². The Bertz CT molecular complexity index is 1460. The van der Waals surface area contributed by atoms with Crippen LogP contribution >= 0.6 is 23.2 Å². The molecule has 0 bridgehead atoms. The van der Waals surface area contributed by atoms with Crippen molar-refractivity contribution in [3.05, 3.63) is 99.4 Å². The van der Waals surface area contributed by atoms with E-state index in [1.54, 1.807) is 7.11 Å². The number of aliphatic imine (C=N–C) groups is 1. The lowest BCUT2D eigenvalue weighted by Crippen LogP contribution is -2.35. The first-order valence-corrected chi connectivity index (χ1v) is 12.9. The first-order valence-electron chi connectivity index (χ1n) is 12.1. The number of benzene rings is 2. The Balaban J connectivity index is 1.32. The lowest BCUT2D eigenvalue weighted by molar-refractivity contribution is 0.286. The monoisotopic (exact) mass is 516 g/mol. The molecular formula is C29H26Cl2N4O. The molecular weight excluding hydrogens is 491 g/mol. The van der Waals surface area contributed by atoms with Crippen molar-refractivity contribution in [3.63, 3.8) is 0 Å². The Labute approximate surface area is 221 Å². The third-order valence-corrected chi connectivity index (χ3v) is 7.52. The van der Waals surface area contributed by atoms with Gasteiger partial charge in [0.25, 0.3) is 0 Å². The van der Waals surface area contributed by atoms with Crippen LogP contribution in [0.3, 0.4) is 0 Å². The molecule has 2 aromatic heterocycles. The number of aromatic nitrogens is 2. The maximum Gasteiger partial charge on any atom is 0.157 e. The molecule has 0 aliphatic carbocycles. The van der Waals surface area contributed by atoms with Crippen LogP contribution in [-0.4, -0.2) is 40.4 Å². The van der Waals surface area contributed by atoms with Gasteiger partial charge in [0.1, 0.15) is 10.9 Å². The summed E-state index contributed by atoms with van der Waals surface area (Å²) in [5, 5.41) is 1.19. The molecule has 0 saturated carbocycles. The molecule has 6 rings (SSSR count). The first kappa shape index (κ1) is 23.3. The highest BCUT2D eigenvalue weighted by Crippen LogP contribution is 2.38. The van der Waals surface area contributed by atoms with E-state index in [0.29, 0.717) is 10.2 Å². The van der Waals surface area contributed by atoms with E-state index in [1.165, 1.54) is 22.4 Å². The molecule has 4 heterocycles. The van der Waals surface area contributed by atoms with E-state index in [2.05, 4.69) is 57.0 Å². The summed E-state index contributed by atoms with van der Waals surface area (Å²) in [5.74, 6) is 1.52. The molecule has 4 aromatic rings. The zero-order valence-electron chi connectivity index (χ0n) is 20.0. The second-order valence-electron chi connectivity index (χ2n) is 9.36. The van der Waals surface area contributed by atoms with E-state index < -0.39 is 0 Å². The van der Waals surface area contributed by atoms with Gasteiger partial charge in [0, 0.05) is 73.3 Å². The summed E-state index contributed by atoms with van der Waals surface area (Å²) in [7, 11) is 1.66. The van der Waals surface area contributed by atoms with Crippen LogP contribution in [0.2, 0.25) is 10.2 Å². The van der Waals surface area contributed by atoms with Crippen molar-refractivity contribution >= 4 is 34.7 Å². The van der Waals surface area contributed by atoms with E-state index in [9.17, 15) is 0 Å². The number of fused-ring (bicyclic) bond motifs is 2. The van der Waals surface area contributed by atoms with Crippen LogP contribution < -0.4 is 4.74 Å². The Morgan fingerprint density at radius 2 is 1.83 bits per heavy atom. The number of halogens is 2. The Morgan fingerprint density at radius 1 is 0.972 bits per heavy atom. The number of nitrogens with zero attached hydrogens (tertiary/aromatic N) is 4. The third kappa shape index (κ3) is 4.55. The van der Waals surface area contributed by atoms with Crippen molar-refractivity contribution in [2.45, 2.75) is 25.9 Å². The largest absolute Gasteiger partial charge is 0.497 e. The van der Waals surface area contributed by atoms with Gasteiger partial charge in [-0.05, 0) is 35.4 Å². The molecule has 0 atom stereocenters. The van der Waals surface area contributed by atoms with Crippen molar-refractivity contribution in [2.24, 2.45) is 4.99 Å². The fourth-order valence-electron chi connectivity index (χ4n) is 5.25. The predicted octanol–water partition coefficient (Wildman–Crippen LogP) is 6.60. The smallest absolute Gasteiger partial charge is 0.157 e. The van der Waals surface area contributed by atoms with E-state index in [4.69, 9.17) is 32.9 Å². The Kier molecular flexibility index (Phi) is 6.30. The molecule has 2 aromatic carbocycles.